The van der Waals surface area contributed by atoms with Crippen molar-refractivity contribution in [2.45, 2.75) is 6.92 Å². The number of aromatic nitrogens is 3. The van der Waals surface area contributed by atoms with Crippen molar-refractivity contribution in [2.75, 3.05) is 5.32 Å². The lowest BCUT2D eigenvalue weighted by Gasteiger charge is -1.99. The maximum absolute atomic E-state index is 12.0. The normalized spacial score (nSPS) is 10.3. The van der Waals surface area contributed by atoms with Crippen molar-refractivity contribution in [2.24, 2.45) is 0 Å². The zero-order valence-corrected chi connectivity index (χ0v) is 11.5. The number of rotatable bonds is 3. The molecule has 0 saturated carbocycles. The molecule has 0 radical (unpaired) electrons. The van der Waals surface area contributed by atoms with E-state index in [1.165, 1.54) is 5.56 Å². The van der Waals surface area contributed by atoms with E-state index in [1.54, 1.807) is 30.5 Å². The molecule has 0 saturated heterocycles. The van der Waals surface area contributed by atoms with Crippen molar-refractivity contribution in [1.82, 2.24) is 15.2 Å². The Morgan fingerprint density at radius 2 is 1.95 bits per heavy atom. The van der Waals surface area contributed by atoms with Crippen LogP contribution in [0.2, 0.25) is 0 Å². The number of aryl methyl sites for hydroxylation is 1. The number of anilines is 1. The number of H-pyrrole nitrogens is 1. The molecular formula is C16H14N4O. The largest absolute Gasteiger partial charge is 0.304 e. The Hall–Kier alpha value is -2.95. The molecule has 0 aliphatic rings. The third-order valence-electron chi connectivity index (χ3n) is 3.08. The molecule has 21 heavy (non-hydrogen) atoms. The second-order valence-corrected chi connectivity index (χ2v) is 4.70. The number of nitrogens with zero attached hydrogens (tertiary/aromatic N) is 2. The van der Waals surface area contributed by atoms with E-state index < -0.39 is 0 Å². The first-order valence-corrected chi connectivity index (χ1v) is 6.57. The quantitative estimate of drug-likeness (QED) is 0.773. The van der Waals surface area contributed by atoms with Gasteiger partial charge in [0.2, 0.25) is 0 Å². The van der Waals surface area contributed by atoms with Gasteiger partial charge in [-0.15, -0.1) is 0 Å². The van der Waals surface area contributed by atoms with Gasteiger partial charge in [0.25, 0.3) is 5.91 Å². The predicted molar refractivity (Wildman–Crippen MR) is 81.0 cm³/mol. The first-order valence-electron chi connectivity index (χ1n) is 6.57. The van der Waals surface area contributed by atoms with Crippen LogP contribution in [0.25, 0.3) is 11.3 Å². The molecule has 5 nitrogen and oxygen atoms in total. The minimum Gasteiger partial charge on any atom is -0.304 e. The van der Waals surface area contributed by atoms with Gasteiger partial charge in [-0.2, -0.15) is 5.10 Å². The highest BCUT2D eigenvalue weighted by Gasteiger charge is 2.09. The fourth-order valence-electron chi connectivity index (χ4n) is 1.94. The summed E-state index contributed by atoms with van der Waals surface area (Å²) in [6.07, 6.45) is 1.58. The molecule has 0 unspecified atom stereocenters. The number of carbonyl (C=O) groups excluding carboxylic acids is 1. The molecule has 2 aromatic heterocycles. The van der Waals surface area contributed by atoms with E-state index in [9.17, 15) is 4.79 Å². The molecule has 0 aliphatic carbocycles. The average Bonchev–Trinajstić information content (AvgIpc) is 2.97. The van der Waals surface area contributed by atoms with Gasteiger partial charge in [-0.05, 0) is 24.6 Å². The first kappa shape index (κ1) is 13.1. The second-order valence-electron chi connectivity index (χ2n) is 4.70. The van der Waals surface area contributed by atoms with E-state index in [0.717, 1.165) is 11.3 Å². The monoisotopic (exact) mass is 278 g/mol. The third-order valence-corrected chi connectivity index (χ3v) is 3.08. The number of benzene rings is 1. The number of carbonyl (C=O) groups is 1. The summed E-state index contributed by atoms with van der Waals surface area (Å²) in [5, 5.41) is 9.72. The molecule has 0 spiro atoms. The van der Waals surface area contributed by atoms with E-state index in [4.69, 9.17) is 0 Å². The van der Waals surface area contributed by atoms with Gasteiger partial charge in [0.15, 0.2) is 5.82 Å². The molecule has 2 heterocycles. The summed E-state index contributed by atoms with van der Waals surface area (Å²) in [5.74, 6) is 0.193. The van der Waals surface area contributed by atoms with Crippen molar-refractivity contribution in [3.63, 3.8) is 0 Å². The van der Waals surface area contributed by atoms with Crippen LogP contribution in [0.3, 0.4) is 0 Å². The SMILES string of the molecule is Cc1ccc(-c2cc(NC(=O)c3ccccn3)n[nH]2)cc1. The van der Waals surface area contributed by atoms with Crippen LogP contribution in [0.5, 0.6) is 0 Å². The molecule has 3 aromatic rings. The summed E-state index contributed by atoms with van der Waals surface area (Å²) in [4.78, 5) is 16.0. The number of pyridine rings is 1. The number of hydrogen-bond donors (Lipinski definition) is 2. The Balaban J connectivity index is 1.76. The highest BCUT2D eigenvalue weighted by Crippen LogP contribution is 2.20. The van der Waals surface area contributed by atoms with Crippen LogP contribution in [-0.4, -0.2) is 21.1 Å². The van der Waals surface area contributed by atoms with Crippen LogP contribution in [0.4, 0.5) is 5.82 Å². The van der Waals surface area contributed by atoms with Crippen LogP contribution >= 0.6 is 0 Å². The Kier molecular flexibility index (Phi) is 3.47. The van der Waals surface area contributed by atoms with E-state index in [-0.39, 0.29) is 5.91 Å². The van der Waals surface area contributed by atoms with Crippen molar-refractivity contribution >= 4 is 11.7 Å². The van der Waals surface area contributed by atoms with Crippen LogP contribution in [0.15, 0.2) is 54.7 Å². The molecule has 2 N–H and O–H groups in total. The minimum absolute atomic E-state index is 0.280. The molecule has 0 atom stereocenters. The highest BCUT2D eigenvalue weighted by atomic mass is 16.1. The summed E-state index contributed by atoms with van der Waals surface area (Å²) < 4.78 is 0. The van der Waals surface area contributed by atoms with Gasteiger partial charge in [-0.3, -0.25) is 14.9 Å². The van der Waals surface area contributed by atoms with Crippen LogP contribution in [0, 0.1) is 6.92 Å². The molecule has 0 bridgehead atoms. The van der Waals surface area contributed by atoms with Crippen LogP contribution in [0.1, 0.15) is 16.1 Å². The van der Waals surface area contributed by atoms with Crippen LogP contribution in [-0.2, 0) is 0 Å². The third kappa shape index (κ3) is 2.97. The van der Waals surface area contributed by atoms with Crippen molar-refractivity contribution in [1.29, 1.82) is 0 Å². The van der Waals surface area contributed by atoms with Crippen molar-refractivity contribution < 1.29 is 4.79 Å². The maximum atomic E-state index is 12.0. The zero-order chi connectivity index (χ0) is 14.7. The Morgan fingerprint density at radius 1 is 1.14 bits per heavy atom. The molecular weight excluding hydrogens is 264 g/mol. The topological polar surface area (TPSA) is 70.7 Å². The molecule has 1 aromatic carbocycles. The Labute approximate surface area is 122 Å². The van der Waals surface area contributed by atoms with Gasteiger partial charge in [0, 0.05) is 12.3 Å². The Morgan fingerprint density at radius 3 is 2.67 bits per heavy atom. The average molecular weight is 278 g/mol. The van der Waals surface area contributed by atoms with Gasteiger partial charge in [0.1, 0.15) is 5.69 Å². The fraction of sp³-hybridized carbons (Fsp3) is 0.0625. The summed E-state index contributed by atoms with van der Waals surface area (Å²) in [6.45, 7) is 2.04. The first-order chi connectivity index (χ1) is 10.2. The smallest absolute Gasteiger partial charge is 0.275 e. The molecule has 104 valence electrons. The van der Waals surface area contributed by atoms with Crippen LogP contribution < -0.4 is 5.32 Å². The molecule has 5 heteroatoms. The standard InChI is InChI=1S/C16H14N4O/c1-11-5-7-12(8-6-11)14-10-15(20-19-14)18-16(21)13-4-2-3-9-17-13/h2-10H,1H3,(H2,18,19,20,21). The summed E-state index contributed by atoms with van der Waals surface area (Å²) in [7, 11) is 0. The number of hydrogen-bond acceptors (Lipinski definition) is 3. The van der Waals surface area contributed by atoms with E-state index in [0.29, 0.717) is 11.5 Å². The van der Waals surface area contributed by atoms with E-state index in [1.807, 2.05) is 31.2 Å². The summed E-state index contributed by atoms with van der Waals surface area (Å²) in [6, 6.07) is 15.1. The van der Waals surface area contributed by atoms with Gasteiger partial charge in [-0.25, -0.2) is 0 Å². The molecule has 0 aliphatic heterocycles. The zero-order valence-electron chi connectivity index (χ0n) is 11.5. The van der Waals surface area contributed by atoms with Crippen molar-refractivity contribution in [3.05, 3.63) is 66.0 Å². The van der Waals surface area contributed by atoms with Gasteiger partial charge >= 0.3 is 0 Å². The molecule has 3 rings (SSSR count). The van der Waals surface area contributed by atoms with E-state index in [2.05, 4.69) is 20.5 Å². The lowest BCUT2D eigenvalue weighted by molar-refractivity contribution is 0.102. The fourth-order valence-corrected chi connectivity index (χ4v) is 1.94. The van der Waals surface area contributed by atoms with Crippen molar-refractivity contribution in [3.8, 4) is 11.3 Å². The summed E-state index contributed by atoms with van der Waals surface area (Å²) in [5.41, 5.74) is 3.43. The number of nitrogens with one attached hydrogen (secondary N) is 2. The minimum atomic E-state index is -0.280. The van der Waals surface area contributed by atoms with Gasteiger partial charge in [0.05, 0.1) is 5.69 Å². The maximum Gasteiger partial charge on any atom is 0.275 e. The predicted octanol–water partition coefficient (Wildman–Crippen LogP) is 3.03. The Bertz CT molecular complexity index is 747. The summed E-state index contributed by atoms with van der Waals surface area (Å²) >= 11 is 0. The van der Waals surface area contributed by atoms with Gasteiger partial charge < -0.3 is 5.32 Å². The lowest BCUT2D eigenvalue weighted by atomic mass is 10.1. The highest BCUT2D eigenvalue weighted by molar-refractivity contribution is 6.02. The second kappa shape index (κ2) is 5.58. The van der Waals surface area contributed by atoms with E-state index >= 15 is 0 Å². The lowest BCUT2D eigenvalue weighted by Crippen LogP contribution is -2.13. The molecule has 0 fully saturated rings. The molecule has 1 amide bonds. The van der Waals surface area contributed by atoms with Gasteiger partial charge in [-0.1, -0.05) is 35.9 Å². The number of aromatic amines is 1. The number of amides is 1.